The zero-order valence-corrected chi connectivity index (χ0v) is 25.0. The Balaban J connectivity index is 0.000000504. The molecule has 0 N–H and O–H groups in total. The molecule has 0 aromatic heterocycles. The van der Waals surface area contributed by atoms with E-state index in [0.29, 0.717) is 22.5 Å². The van der Waals surface area contributed by atoms with Crippen molar-refractivity contribution in [3.8, 4) is 0 Å². The van der Waals surface area contributed by atoms with Crippen LogP contribution < -0.4 is 10.9 Å². The lowest BCUT2D eigenvalue weighted by Gasteiger charge is -2.25. The minimum Gasteiger partial charge on any atom is -0.487 e. The molecule has 3 nitrogen and oxygen atoms in total. The van der Waals surface area contributed by atoms with Gasteiger partial charge in [0, 0.05) is 11.1 Å². The molecule has 204 valence electrons. The van der Waals surface area contributed by atoms with Crippen LogP contribution in [0.15, 0.2) is 56.4 Å². The Hall–Kier alpha value is -2.16. The van der Waals surface area contributed by atoms with Gasteiger partial charge in [0.05, 0.1) is 0 Å². The number of rotatable bonds is 0. The summed E-state index contributed by atoms with van der Waals surface area (Å²) in [5.41, 5.74) is 8.09. The van der Waals surface area contributed by atoms with Crippen LogP contribution in [0.25, 0.3) is 0 Å². The van der Waals surface area contributed by atoms with Gasteiger partial charge < -0.3 is 4.74 Å². The highest BCUT2D eigenvalue weighted by molar-refractivity contribution is 5.42. The van der Waals surface area contributed by atoms with Crippen LogP contribution in [-0.2, 0) is 10.2 Å². The van der Waals surface area contributed by atoms with Crippen molar-refractivity contribution in [2.45, 2.75) is 122 Å². The summed E-state index contributed by atoms with van der Waals surface area (Å²) in [6, 6.07) is 0. The smallest absolute Gasteiger partial charge is 0.230 e. The number of allylic oxidation sites excluding steroid dienone is 4. The average molecular weight is 499 g/mol. The Morgan fingerprint density at radius 1 is 0.722 bits per heavy atom. The topological polar surface area (TPSA) is 43.4 Å². The Labute approximate surface area is 222 Å². The fraction of sp³-hybridized carbons (Fsp3) is 0.636. The molecule has 0 fully saturated rings. The first-order valence-electron chi connectivity index (χ1n) is 12.8. The largest absolute Gasteiger partial charge is 0.487 e. The van der Waals surface area contributed by atoms with Crippen LogP contribution >= 0.6 is 0 Å². The molecule has 2 unspecified atom stereocenters. The summed E-state index contributed by atoms with van der Waals surface area (Å²) in [5.74, 6) is 1.55. The third kappa shape index (κ3) is 7.43. The number of hydrogen-bond acceptors (Lipinski definition) is 3. The second-order valence-corrected chi connectivity index (χ2v) is 13.4. The summed E-state index contributed by atoms with van der Waals surface area (Å²) >= 11 is 0. The van der Waals surface area contributed by atoms with Crippen LogP contribution in [0.5, 0.6) is 0 Å². The molecule has 2 atom stereocenters. The minimum absolute atomic E-state index is 0. The minimum atomic E-state index is -0.310. The maximum Gasteiger partial charge on any atom is 0.230 e. The lowest BCUT2D eigenvalue weighted by atomic mass is 9.80. The van der Waals surface area contributed by atoms with E-state index in [2.05, 4.69) is 82.4 Å². The molecule has 1 aliphatic carbocycles. The SMILES string of the molecule is C.C=C1CC(C)C(C(C)(C)C)=C1C.C=C1OC(C)C(C(C)(C)C)=C1C.Cc1c(C(C)(C)C)c(=O)c1=O. The number of hydrogen-bond donors (Lipinski definition) is 0. The van der Waals surface area contributed by atoms with E-state index in [1.807, 2.05) is 20.8 Å². The molecule has 0 amide bonds. The molecule has 0 spiro atoms. The van der Waals surface area contributed by atoms with Crippen LogP contribution in [-0.4, -0.2) is 6.10 Å². The fourth-order valence-electron chi connectivity index (χ4n) is 5.88. The Bertz CT molecular complexity index is 1050. The summed E-state index contributed by atoms with van der Waals surface area (Å²) in [6.45, 7) is 37.7. The predicted octanol–water partition coefficient (Wildman–Crippen LogP) is 8.75. The summed E-state index contributed by atoms with van der Waals surface area (Å²) in [4.78, 5) is 21.8. The maximum atomic E-state index is 11.0. The third-order valence-electron chi connectivity index (χ3n) is 7.04. The first-order chi connectivity index (χ1) is 15.5. The van der Waals surface area contributed by atoms with E-state index >= 15 is 0 Å². The van der Waals surface area contributed by atoms with Crippen molar-refractivity contribution in [1.82, 2.24) is 0 Å². The molecule has 2 aliphatic rings. The van der Waals surface area contributed by atoms with Crippen molar-refractivity contribution in [3.05, 3.63) is 78.4 Å². The summed E-state index contributed by atoms with van der Waals surface area (Å²) < 4.78 is 5.54. The highest BCUT2D eigenvalue weighted by atomic mass is 16.5. The molecule has 1 aromatic carbocycles. The molecule has 0 bridgehead atoms. The van der Waals surface area contributed by atoms with Gasteiger partial charge in [-0.3, -0.25) is 9.59 Å². The van der Waals surface area contributed by atoms with Gasteiger partial charge in [0.1, 0.15) is 11.9 Å². The Morgan fingerprint density at radius 3 is 1.33 bits per heavy atom. The molecule has 1 aliphatic heterocycles. The second-order valence-electron chi connectivity index (χ2n) is 13.4. The lowest BCUT2D eigenvalue weighted by Crippen LogP contribution is -2.43. The van der Waals surface area contributed by atoms with Crippen LogP contribution in [0.1, 0.15) is 115 Å². The van der Waals surface area contributed by atoms with Gasteiger partial charge in [0.15, 0.2) is 0 Å². The van der Waals surface area contributed by atoms with E-state index < -0.39 is 0 Å². The molecular formula is C33H54O3. The van der Waals surface area contributed by atoms with Crippen molar-refractivity contribution in [3.63, 3.8) is 0 Å². The maximum absolute atomic E-state index is 11.0. The quantitative estimate of drug-likeness (QED) is 0.336. The Morgan fingerprint density at radius 2 is 1.17 bits per heavy atom. The normalized spacial score (nSPS) is 20.5. The molecule has 36 heavy (non-hydrogen) atoms. The van der Waals surface area contributed by atoms with E-state index in [9.17, 15) is 9.59 Å². The summed E-state index contributed by atoms with van der Waals surface area (Å²) in [7, 11) is 0. The van der Waals surface area contributed by atoms with Crippen LogP contribution in [0.3, 0.4) is 0 Å². The van der Waals surface area contributed by atoms with E-state index in [1.54, 1.807) is 12.5 Å². The fourth-order valence-corrected chi connectivity index (χ4v) is 5.88. The van der Waals surface area contributed by atoms with Crippen molar-refractivity contribution < 1.29 is 4.74 Å². The Kier molecular flexibility index (Phi) is 10.8. The van der Waals surface area contributed by atoms with E-state index in [1.165, 1.54) is 28.7 Å². The predicted molar refractivity (Wildman–Crippen MR) is 158 cm³/mol. The van der Waals surface area contributed by atoms with Gasteiger partial charge in [-0.2, -0.15) is 0 Å². The standard InChI is InChI=1S/C12H20.C11H18O.C9H12O2.CH4/c1-8-7-9(2)11(10(8)3)12(4,5)6;1-7-8(2)12-9(3)10(7)11(4,5)6;1-5-6(9(2,3)4)8(11)7(5)10;/h9H,1,7H2,2-6H3;9H,2H2,1,3-6H3;1-4H3;1H4. The van der Waals surface area contributed by atoms with E-state index in [0.717, 1.165) is 5.76 Å². The van der Waals surface area contributed by atoms with Crippen LogP contribution in [0.4, 0.5) is 0 Å². The highest BCUT2D eigenvalue weighted by Gasteiger charge is 2.32. The van der Waals surface area contributed by atoms with Gasteiger partial charge in [0.2, 0.25) is 10.9 Å². The molecule has 0 radical (unpaired) electrons. The summed E-state index contributed by atoms with van der Waals surface area (Å²) in [5, 5.41) is 0. The molecule has 3 heteroatoms. The van der Waals surface area contributed by atoms with E-state index in [4.69, 9.17) is 4.74 Å². The average Bonchev–Trinajstić information content (AvgIpc) is 3.07. The van der Waals surface area contributed by atoms with E-state index in [-0.39, 0.29) is 35.2 Å². The molecular weight excluding hydrogens is 444 g/mol. The van der Waals surface area contributed by atoms with Crippen molar-refractivity contribution >= 4 is 0 Å². The molecule has 0 saturated heterocycles. The molecule has 1 heterocycles. The van der Waals surface area contributed by atoms with Crippen molar-refractivity contribution in [2.24, 2.45) is 16.7 Å². The van der Waals surface area contributed by atoms with Gasteiger partial charge in [0.25, 0.3) is 0 Å². The lowest BCUT2D eigenvalue weighted by molar-refractivity contribution is 0.175. The first-order valence-corrected chi connectivity index (χ1v) is 12.8. The third-order valence-corrected chi connectivity index (χ3v) is 7.04. The first kappa shape index (κ1) is 33.8. The van der Waals surface area contributed by atoms with Gasteiger partial charge in [-0.1, -0.05) is 101 Å². The monoisotopic (exact) mass is 498 g/mol. The van der Waals surface area contributed by atoms with Crippen LogP contribution in [0, 0.1) is 23.7 Å². The van der Waals surface area contributed by atoms with Gasteiger partial charge in [-0.05, 0) is 73.0 Å². The number of ether oxygens (including phenoxy) is 1. The van der Waals surface area contributed by atoms with Gasteiger partial charge >= 0.3 is 0 Å². The van der Waals surface area contributed by atoms with Crippen molar-refractivity contribution in [2.75, 3.05) is 0 Å². The summed E-state index contributed by atoms with van der Waals surface area (Å²) in [6.07, 6.45) is 1.37. The van der Waals surface area contributed by atoms with Crippen molar-refractivity contribution in [1.29, 1.82) is 0 Å². The zero-order valence-electron chi connectivity index (χ0n) is 25.0. The van der Waals surface area contributed by atoms with Gasteiger partial charge in [-0.15, -0.1) is 0 Å². The highest BCUT2D eigenvalue weighted by Crippen LogP contribution is 2.44. The zero-order chi connectivity index (χ0) is 27.8. The van der Waals surface area contributed by atoms with Crippen LogP contribution in [0.2, 0.25) is 0 Å². The molecule has 0 saturated carbocycles. The second kappa shape index (κ2) is 11.5. The van der Waals surface area contributed by atoms with Gasteiger partial charge in [-0.25, -0.2) is 0 Å². The molecule has 1 aromatic rings. The molecule has 3 rings (SSSR count).